The highest BCUT2D eigenvalue weighted by atomic mass is 16.2. The number of anilines is 1. The molecular formula is C26H38N6O. The number of aliphatic imine (C=N–C) groups is 1. The number of hydrogen-bond donors (Lipinski definition) is 1. The van der Waals surface area contributed by atoms with Crippen molar-refractivity contribution in [1.82, 2.24) is 15.1 Å². The average molecular weight is 451 g/mol. The number of amides is 1. The number of carbonyl (C=O) groups excluding carboxylic acids is 1. The van der Waals surface area contributed by atoms with Crippen LogP contribution in [0.1, 0.15) is 37.8 Å². The molecular weight excluding hydrogens is 412 g/mol. The molecule has 2 aliphatic rings. The second-order valence-electron chi connectivity index (χ2n) is 9.46. The van der Waals surface area contributed by atoms with Gasteiger partial charge in [0.15, 0.2) is 0 Å². The fourth-order valence-electron chi connectivity index (χ4n) is 4.88. The summed E-state index contributed by atoms with van der Waals surface area (Å²) in [7, 11) is 2.14. The van der Waals surface area contributed by atoms with E-state index in [4.69, 9.17) is 0 Å². The molecule has 1 aromatic rings. The van der Waals surface area contributed by atoms with Crippen LogP contribution in [0.4, 0.5) is 11.4 Å². The van der Waals surface area contributed by atoms with Gasteiger partial charge in [-0.25, -0.2) is 0 Å². The summed E-state index contributed by atoms with van der Waals surface area (Å²) in [6.45, 7) is 12.4. The number of rotatable bonds is 6. The zero-order chi connectivity index (χ0) is 23.8. The van der Waals surface area contributed by atoms with Crippen molar-refractivity contribution < 1.29 is 4.79 Å². The van der Waals surface area contributed by atoms with Crippen molar-refractivity contribution in [3.8, 4) is 6.07 Å². The number of nitrogens with one attached hydrogen (secondary N) is 1. The van der Waals surface area contributed by atoms with Gasteiger partial charge in [-0.2, -0.15) is 5.26 Å². The summed E-state index contributed by atoms with van der Waals surface area (Å²) in [6.07, 6.45) is 7.60. The summed E-state index contributed by atoms with van der Waals surface area (Å²) in [5, 5.41) is 12.8. The van der Waals surface area contributed by atoms with Crippen molar-refractivity contribution >= 4 is 23.5 Å². The summed E-state index contributed by atoms with van der Waals surface area (Å²) >= 11 is 0. The fourth-order valence-corrected chi connectivity index (χ4v) is 4.88. The minimum Gasteiger partial charge on any atom is -0.369 e. The Morgan fingerprint density at radius 3 is 2.85 bits per heavy atom. The zero-order valence-electron chi connectivity index (χ0n) is 20.5. The Kier molecular flexibility index (Phi) is 9.04. The maximum Gasteiger partial charge on any atom is 0.234 e. The quantitative estimate of drug-likeness (QED) is 0.674. The summed E-state index contributed by atoms with van der Waals surface area (Å²) in [6, 6.07) is 6.25. The molecule has 7 heteroatoms. The van der Waals surface area contributed by atoms with Crippen LogP contribution in [0.25, 0.3) is 0 Å². The third-order valence-corrected chi connectivity index (χ3v) is 6.55. The molecule has 0 aliphatic carbocycles. The number of hydrogen-bond acceptors (Lipinski definition) is 6. The SMILES string of the molecule is C/C=C/C=Nc1c(C#N)ccc(N2C[C@@H](C)C[C@@H](NC(=O)CN3CCCN(C)CC3)C2)c1C. The van der Waals surface area contributed by atoms with Crippen molar-refractivity contribution in [3.63, 3.8) is 0 Å². The van der Waals surface area contributed by atoms with Crippen molar-refractivity contribution in [2.75, 3.05) is 57.8 Å². The summed E-state index contributed by atoms with van der Waals surface area (Å²) in [5.74, 6) is 0.577. The van der Waals surface area contributed by atoms with Crippen LogP contribution in [0.5, 0.6) is 0 Å². The maximum absolute atomic E-state index is 12.8. The van der Waals surface area contributed by atoms with E-state index in [2.05, 4.69) is 45.0 Å². The standard InChI is InChI=1S/C26H38N6O/c1-5-6-10-28-26-21(3)24(9-8-22(26)16-27)32-17-20(2)15-23(18-32)29-25(33)19-31-12-7-11-30(4)13-14-31/h5-6,8-10,20,23H,7,11-15,17-19H2,1-4H3,(H,29,33)/b6-5+,28-10?/t20-,23+/m0/s1. The lowest BCUT2D eigenvalue weighted by molar-refractivity contribution is -0.123. The summed E-state index contributed by atoms with van der Waals surface area (Å²) < 4.78 is 0. The van der Waals surface area contributed by atoms with Crippen molar-refractivity contribution in [1.29, 1.82) is 5.26 Å². The Bertz CT molecular complexity index is 918. The molecule has 1 aromatic carbocycles. The zero-order valence-corrected chi connectivity index (χ0v) is 20.5. The molecule has 1 N–H and O–H groups in total. The molecule has 1 amide bonds. The molecule has 2 atom stereocenters. The second-order valence-corrected chi connectivity index (χ2v) is 9.46. The third-order valence-electron chi connectivity index (χ3n) is 6.55. The molecule has 0 unspecified atom stereocenters. The summed E-state index contributed by atoms with van der Waals surface area (Å²) in [4.78, 5) is 24.3. The van der Waals surface area contributed by atoms with Crippen molar-refractivity contribution in [3.05, 3.63) is 35.4 Å². The van der Waals surface area contributed by atoms with Crippen molar-refractivity contribution in [2.45, 2.75) is 39.7 Å². The second kappa shape index (κ2) is 12.0. The first kappa shape index (κ1) is 24.9. The number of nitrogens with zero attached hydrogens (tertiary/aromatic N) is 5. The normalized spacial score (nSPS) is 23.1. The predicted molar refractivity (Wildman–Crippen MR) is 135 cm³/mol. The first-order valence-corrected chi connectivity index (χ1v) is 12.1. The molecule has 2 aliphatic heterocycles. The number of allylic oxidation sites excluding steroid dienone is 2. The minimum atomic E-state index is 0.112. The Labute approximate surface area is 198 Å². The van der Waals surface area contributed by atoms with Crippen LogP contribution in [0.15, 0.2) is 29.3 Å². The highest BCUT2D eigenvalue weighted by Gasteiger charge is 2.28. The van der Waals surface area contributed by atoms with Gasteiger partial charge < -0.3 is 15.1 Å². The fraction of sp³-hybridized carbons (Fsp3) is 0.577. The van der Waals surface area contributed by atoms with Crippen LogP contribution in [-0.2, 0) is 4.79 Å². The van der Waals surface area contributed by atoms with Gasteiger partial charge in [-0.1, -0.05) is 13.0 Å². The third kappa shape index (κ3) is 6.89. The van der Waals surface area contributed by atoms with Gasteiger partial charge in [-0.15, -0.1) is 0 Å². The Hall–Kier alpha value is -2.69. The molecule has 2 heterocycles. The molecule has 0 saturated carbocycles. The lowest BCUT2D eigenvalue weighted by Gasteiger charge is -2.39. The van der Waals surface area contributed by atoms with Crippen molar-refractivity contribution in [2.24, 2.45) is 10.9 Å². The van der Waals surface area contributed by atoms with Crippen LogP contribution in [-0.4, -0.2) is 80.8 Å². The highest BCUT2D eigenvalue weighted by Crippen LogP contribution is 2.34. The van der Waals surface area contributed by atoms with Gasteiger partial charge in [0.1, 0.15) is 6.07 Å². The van der Waals surface area contributed by atoms with E-state index in [0.29, 0.717) is 18.0 Å². The Balaban J connectivity index is 1.69. The topological polar surface area (TPSA) is 75.0 Å². The molecule has 0 aromatic heterocycles. The van der Waals surface area contributed by atoms with E-state index in [9.17, 15) is 10.1 Å². The molecule has 2 saturated heterocycles. The van der Waals surface area contributed by atoms with E-state index in [1.807, 2.05) is 38.1 Å². The van der Waals surface area contributed by atoms with Crippen LogP contribution >= 0.6 is 0 Å². The minimum absolute atomic E-state index is 0.112. The number of benzene rings is 1. The predicted octanol–water partition coefficient (Wildman–Crippen LogP) is 3.11. The molecule has 0 spiro atoms. The molecule has 33 heavy (non-hydrogen) atoms. The smallest absolute Gasteiger partial charge is 0.234 e. The molecule has 2 fully saturated rings. The molecule has 3 rings (SSSR count). The van der Waals surface area contributed by atoms with E-state index in [1.54, 1.807) is 6.21 Å². The maximum atomic E-state index is 12.8. The number of nitriles is 1. The van der Waals surface area contributed by atoms with E-state index in [1.165, 1.54) is 0 Å². The van der Waals surface area contributed by atoms with Gasteiger partial charge in [0.05, 0.1) is 17.8 Å². The lowest BCUT2D eigenvalue weighted by Crippen LogP contribution is -2.52. The van der Waals surface area contributed by atoms with Crippen LogP contribution in [0, 0.1) is 24.2 Å². The number of piperidine rings is 1. The van der Waals surface area contributed by atoms with E-state index in [-0.39, 0.29) is 11.9 Å². The van der Waals surface area contributed by atoms with E-state index >= 15 is 0 Å². The van der Waals surface area contributed by atoms with Gasteiger partial charge in [0.25, 0.3) is 0 Å². The molecule has 178 valence electrons. The van der Waals surface area contributed by atoms with Crippen LogP contribution < -0.4 is 10.2 Å². The first-order valence-electron chi connectivity index (χ1n) is 12.1. The Morgan fingerprint density at radius 1 is 1.27 bits per heavy atom. The van der Waals surface area contributed by atoms with Crippen LogP contribution in [0.2, 0.25) is 0 Å². The van der Waals surface area contributed by atoms with Gasteiger partial charge in [0, 0.05) is 44.1 Å². The highest BCUT2D eigenvalue weighted by molar-refractivity contribution is 5.80. The average Bonchev–Trinajstić information content (AvgIpc) is 2.98. The summed E-state index contributed by atoms with van der Waals surface area (Å²) in [5.41, 5.74) is 3.39. The first-order chi connectivity index (χ1) is 15.9. The number of carbonyl (C=O) groups is 1. The van der Waals surface area contributed by atoms with Gasteiger partial charge in [0.2, 0.25) is 5.91 Å². The van der Waals surface area contributed by atoms with Gasteiger partial charge in [-0.3, -0.25) is 14.7 Å². The monoisotopic (exact) mass is 450 g/mol. The molecule has 0 radical (unpaired) electrons. The van der Waals surface area contributed by atoms with E-state index < -0.39 is 0 Å². The number of likely N-dealkylation sites (N-methyl/N-ethyl adjacent to an activating group) is 1. The van der Waals surface area contributed by atoms with Crippen LogP contribution in [0.3, 0.4) is 0 Å². The Morgan fingerprint density at radius 2 is 2.09 bits per heavy atom. The lowest BCUT2D eigenvalue weighted by atomic mass is 9.94. The molecule has 7 nitrogen and oxygen atoms in total. The van der Waals surface area contributed by atoms with Gasteiger partial charge in [-0.05, 0) is 76.5 Å². The van der Waals surface area contributed by atoms with E-state index in [0.717, 1.165) is 69.0 Å². The largest absolute Gasteiger partial charge is 0.369 e. The van der Waals surface area contributed by atoms with Gasteiger partial charge >= 0.3 is 0 Å². The molecule has 0 bridgehead atoms.